The Labute approximate surface area is 710 Å². The Morgan fingerprint density at radius 2 is 0.708 bits per heavy atom. The molecule has 2 aromatic rings. The summed E-state index contributed by atoms with van der Waals surface area (Å²) in [5.74, 6) is 0.346. The number of nitrogens with one attached hydrogen (secondary N) is 2. The first kappa shape index (κ1) is 107. The third-order valence-corrected chi connectivity index (χ3v) is 53.6. The quantitative estimate of drug-likeness (QED) is 0.0245. The minimum absolute atomic E-state index is 0.0348. The van der Waals surface area contributed by atoms with Crippen LogP contribution in [0.3, 0.4) is 0 Å². The van der Waals surface area contributed by atoms with Gasteiger partial charge in [-0.05, 0) is 258 Å². The second kappa shape index (κ2) is 46.2. The fraction of sp³-hybridized carbons (Fsp3) is 0.773. The topological polar surface area (TPSA) is 202 Å². The fourth-order valence-electron chi connectivity index (χ4n) is 13.2. The number of carbonyl (C=O) groups is 4. The molecule has 0 radical (unpaired) electrons. The highest BCUT2D eigenvalue weighted by atomic mass is 36.0. The summed E-state index contributed by atoms with van der Waals surface area (Å²) >= 11 is 5.41. The smallest absolute Gasteiger partial charge is 0.317 e. The number of rotatable bonds is 42. The zero-order chi connectivity index (χ0) is 86.9. The lowest BCUT2D eigenvalue weighted by molar-refractivity contribution is -0.137. The van der Waals surface area contributed by atoms with Gasteiger partial charge in [0.1, 0.15) is 0 Å². The first-order valence-corrected chi connectivity index (χ1v) is 63.3. The number of allylic oxidation sites excluding steroid dienone is 4. The molecule has 0 spiro atoms. The molecule has 0 heterocycles. The van der Waals surface area contributed by atoms with Crippen LogP contribution in [0.25, 0.3) is 0 Å². The minimum atomic E-state index is -3.72. The summed E-state index contributed by atoms with van der Waals surface area (Å²) in [6.07, 6.45) is 26.0. The summed E-state index contributed by atoms with van der Waals surface area (Å²) in [5, 5.41) is 14.6. The van der Waals surface area contributed by atoms with E-state index >= 15 is 0 Å². The zero-order valence-electron chi connectivity index (χ0n) is 76.3. The number of amides is 2. The number of benzene rings is 2. The molecule has 2 aromatic carbocycles. The van der Waals surface area contributed by atoms with Crippen LogP contribution in [0, 0.1) is 23.7 Å². The van der Waals surface area contributed by atoms with E-state index in [1.807, 2.05) is 0 Å². The number of halogens is 3. The highest BCUT2D eigenvalue weighted by Crippen LogP contribution is 2.52. The predicted molar refractivity (Wildman–Crippen MR) is 493 cm³/mol. The Morgan fingerprint density at radius 3 is 0.973 bits per heavy atom. The highest BCUT2D eigenvalue weighted by molar-refractivity contribution is 8.31. The number of carboxylic acid groups (broad SMARTS) is 1. The van der Waals surface area contributed by atoms with E-state index in [-0.39, 0.29) is 98.1 Å². The third kappa shape index (κ3) is 39.5. The van der Waals surface area contributed by atoms with Gasteiger partial charge in [0, 0.05) is 65.9 Å². The molecule has 652 valence electrons. The summed E-state index contributed by atoms with van der Waals surface area (Å²) in [6.45, 7) is 71.2. The van der Waals surface area contributed by atoms with Crippen molar-refractivity contribution in [3.8, 4) is 0 Å². The highest BCUT2D eigenvalue weighted by Gasteiger charge is 2.54. The number of carbonyl (C=O) groups excluding carboxylic acids is 3. The van der Waals surface area contributed by atoms with Gasteiger partial charge in [0.2, 0.25) is 17.1 Å². The number of hydrogen-bond donors (Lipinski definition) is 3. The molecular formula is C88H161Cl3N2O13SSi6. The maximum atomic E-state index is 12.3. The number of hydrogen-bond acceptors (Lipinski definition) is 12. The molecule has 113 heavy (non-hydrogen) atoms. The van der Waals surface area contributed by atoms with Gasteiger partial charge in [-0.25, -0.2) is 0 Å². The third-order valence-electron chi connectivity index (χ3n) is 26.3. The maximum absolute atomic E-state index is 12.3. The molecule has 10 atom stereocenters. The minimum Gasteiger partial charge on any atom is -0.481 e. The van der Waals surface area contributed by atoms with Gasteiger partial charge >= 0.3 is 14.2 Å². The van der Waals surface area contributed by atoms with Crippen molar-refractivity contribution in [2.24, 2.45) is 23.7 Å². The van der Waals surface area contributed by atoms with E-state index in [1.54, 1.807) is 0 Å². The Balaban J connectivity index is 0.000000723. The molecule has 15 nitrogen and oxygen atoms in total. The molecule has 3 N–H and O–H groups in total. The first-order chi connectivity index (χ1) is 51.3. The van der Waals surface area contributed by atoms with Gasteiger partial charge in [-0.3, -0.25) is 19.2 Å². The largest absolute Gasteiger partial charge is 0.481 e. The van der Waals surface area contributed by atoms with Crippen molar-refractivity contribution in [2.75, 3.05) is 13.1 Å². The molecule has 2 aliphatic rings. The van der Waals surface area contributed by atoms with E-state index in [4.69, 9.17) is 51.7 Å². The van der Waals surface area contributed by atoms with Crippen LogP contribution in [0.15, 0.2) is 85.0 Å². The van der Waals surface area contributed by atoms with Gasteiger partial charge in [-0.2, -0.15) is 8.42 Å². The lowest BCUT2D eigenvalue weighted by Gasteiger charge is -2.41. The molecule has 0 unspecified atom stereocenters. The van der Waals surface area contributed by atoms with Crippen molar-refractivity contribution in [3.63, 3.8) is 0 Å². The van der Waals surface area contributed by atoms with Crippen molar-refractivity contribution >= 4 is 114 Å². The molecule has 2 aliphatic carbocycles. The zero-order valence-corrected chi connectivity index (χ0v) is 85.4. The van der Waals surface area contributed by atoms with Crippen molar-refractivity contribution in [1.29, 1.82) is 0 Å². The van der Waals surface area contributed by atoms with E-state index in [2.05, 4.69) is 320 Å². The Kier molecular flexibility index (Phi) is 43.7. The predicted octanol–water partition coefficient (Wildman–Crippen LogP) is 25.2. The average Bonchev–Trinajstić information content (AvgIpc) is 1.64. The van der Waals surface area contributed by atoms with Crippen LogP contribution in [0.4, 0.5) is 0 Å². The summed E-state index contributed by atoms with van der Waals surface area (Å²) in [5.41, 5.74) is 2.74. The molecule has 0 bridgehead atoms. The van der Waals surface area contributed by atoms with Crippen LogP contribution in [0.2, 0.25) is 109 Å². The molecule has 2 amide bonds. The van der Waals surface area contributed by atoms with Crippen molar-refractivity contribution in [3.05, 3.63) is 96.1 Å². The van der Waals surface area contributed by atoms with Gasteiger partial charge in [0.05, 0.1) is 30.8 Å². The van der Waals surface area contributed by atoms with E-state index < -0.39 is 69.4 Å². The van der Waals surface area contributed by atoms with Crippen LogP contribution in [-0.2, 0) is 66.8 Å². The second-order valence-corrected chi connectivity index (χ2v) is 74.2. The first-order valence-electron chi connectivity index (χ1n) is 42.4. The molecule has 0 aliphatic heterocycles. The normalized spacial score (nSPS) is 20.7. The number of unbranched alkanes of at least 4 members (excludes halogenated alkanes) is 2. The van der Waals surface area contributed by atoms with Gasteiger partial charge in [0.25, 0.3) is 0 Å². The van der Waals surface area contributed by atoms with Gasteiger partial charge < -0.3 is 42.3 Å². The summed E-state index contributed by atoms with van der Waals surface area (Å²) in [4.78, 5) is 46.3. The SMILES string of the molecule is CC(C)(C)[Si](C)(C)O[C@H](CCc1ccccc1)CC[C@@H]1[C@@H](C/C=C\CCCC(=O)NCCC(=O)Cl)[C@@H](O[Si](C)(C)C(C)(C)C)C[C@H]1O[Si](C)(C)C(C)(C)C.CC(C)(C)[Si](C)(C)O[C@H](CCc1ccccc1)CC[C@@H]1[C@@H](C/C=C\CCCC(=O)NCCC(=O)O)[C@@H](O[Si](C)(C)C(C)(C)C)C[C@H]1O[Si](C)(C)C(C)(C)C.O=S(=O)(Cl)Cl. The van der Waals surface area contributed by atoms with Crippen LogP contribution in [0.5, 0.6) is 0 Å². The Bertz CT molecular complexity index is 3130. The van der Waals surface area contributed by atoms with Crippen LogP contribution >= 0.6 is 33.0 Å². The van der Waals surface area contributed by atoms with Gasteiger partial charge in [-0.15, -0.1) is 0 Å². The van der Waals surface area contributed by atoms with Crippen LogP contribution in [0.1, 0.15) is 251 Å². The number of aliphatic carboxylic acids is 1. The molecule has 4 rings (SSSR count). The van der Waals surface area contributed by atoms with Crippen LogP contribution < -0.4 is 10.6 Å². The van der Waals surface area contributed by atoms with E-state index in [0.29, 0.717) is 43.1 Å². The molecule has 2 saturated carbocycles. The summed E-state index contributed by atoms with van der Waals surface area (Å²) in [6, 6.07) is 21.7. The number of aryl methyl sites for hydroxylation is 2. The van der Waals surface area contributed by atoms with E-state index in [0.717, 1.165) is 103 Å². The second-order valence-electron chi connectivity index (χ2n) is 41.5. The van der Waals surface area contributed by atoms with E-state index in [9.17, 15) is 19.2 Å². The molecule has 2 fully saturated rings. The molecule has 0 saturated heterocycles. The Hall–Kier alpha value is -2.12. The van der Waals surface area contributed by atoms with E-state index in [1.165, 1.54) is 11.1 Å². The average molecular weight is 1760 g/mol. The van der Waals surface area contributed by atoms with Crippen molar-refractivity contribution in [2.45, 2.75) is 398 Å². The standard InChI is InChI=1S/C44H80ClNO5Si3.C44H81NO6Si3.Cl2O2S/c1-42(2,3)52(10,11)49-35(28-27-34-23-19-18-20-24-34)29-30-37-36(25-21-16-17-22-26-41(48)46-32-31-40(45)47)38(50-53(12,13)43(4,5)6)33-39(37)51-54(14,15)44(7,8)9;1-42(2,3)52(10,11)49-35(28-27-34-23-19-18-20-24-34)29-30-37-36(25-21-16-17-22-26-40(46)45-32-31-41(47)48)38(50-53(12,13)43(4,5)6)33-39(37)51-54(14,15)44(7,8)9;1-5(2,3)4/h16,18-21,23-24,35-39H,17,22,25-33H2,1-15H3,(H,46,48);16,18-21,23-24,35-39H,17,22,25-33H2,1-15H3,(H,45,46)(H,47,48);/b2*21-16-;/t2*35-,36-,37-,38+,39-;/m11./s1. The van der Waals surface area contributed by atoms with Crippen molar-refractivity contribution in [1.82, 2.24) is 10.6 Å². The van der Waals surface area contributed by atoms with Crippen LogP contribution in [-0.4, -0.2) is 136 Å². The fourth-order valence-corrected chi connectivity index (χ4v) is 21.6. The van der Waals surface area contributed by atoms with Gasteiger partial charge in [-0.1, -0.05) is 210 Å². The lowest BCUT2D eigenvalue weighted by atomic mass is 9.85. The molecular weight excluding hydrogens is 1600 g/mol. The Morgan fingerprint density at radius 1 is 0.434 bits per heavy atom. The van der Waals surface area contributed by atoms with Crippen molar-refractivity contribution < 1.29 is 59.3 Å². The molecule has 25 heteroatoms. The monoisotopic (exact) mass is 1760 g/mol. The summed E-state index contributed by atoms with van der Waals surface area (Å²) < 4.78 is 62.4. The number of carboxylic acids is 1. The lowest BCUT2D eigenvalue weighted by Crippen LogP contribution is -2.45. The molecule has 0 aromatic heterocycles. The maximum Gasteiger partial charge on any atom is 0.317 e. The van der Waals surface area contributed by atoms with Gasteiger partial charge in [0.15, 0.2) is 49.9 Å². The summed E-state index contributed by atoms with van der Waals surface area (Å²) in [7, 11) is -7.49.